The quantitative estimate of drug-likeness (QED) is 0.459. The van der Waals surface area contributed by atoms with Crippen LogP contribution in [0.5, 0.6) is 0 Å². The molecule has 25 heavy (non-hydrogen) atoms. The van der Waals surface area contributed by atoms with Crippen LogP contribution < -0.4 is 0 Å². The van der Waals surface area contributed by atoms with Crippen LogP contribution in [0.3, 0.4) is 0 Å². The summed E-state index contributed by atoms with van der Waals surface area (Å²) in [4.78, 5) is 14.7. The van der Waals surface area contributed by atoms with E-state index in [-0.39, 0.29) is 0 Å². The number of rotatable bonds is 7. The number of carbonyl (C=O) groups excluding carboxylic acids is 1. The summed E-state index contributed by atoms with van der Waals surface area (Å²) in [5, 5.41) is 0. The van der Waals surface area contributed by atoms with Gasteiger partial charge in [-0.1, -0.05) is 68.2 Å². The molecule has 3 rings (SSSR count). The highest BCUT2D eigenvalue weighted by Crippen LogP contribution is 2.36. The van der Waals surface area contributed by atoms with Crippen LogP contribution in [0.25, 0.3) is 0 Å². The fraction of sp³-hybridized carbons (Fsp3) is 0.609. The zero-order valence-electron chi connectivity index (χ0n) is 15.8. The molecule has 0 aromatic heterocycles. The molecule has 0 radical (unpaired) electrons. The number of allylic oxidation sites excluding steroid dienone is 2. The molecule has 0 N–H and O–H groups in total. The molecule has 1 fully saturated rings. The highest BCUT2D eigenvalue weighted by Gasteiger charge is 2.31. The number of nitrogens with zero attached hydrogens (tertiary/aromatic N) is 1. The summed E-state index contributed by atoms with van der Waals surface area (Å²) in [6.07, 6.45) is 13.5. The normalized spacial score (nSPS) is 23.8. The molecule has 136 valence electrons. The number of unbranched alkanes of at least 4 members (excludes halogenated alkanes) is 3. The van der Waals surface area contributed by atoms with E-state index in [1.807, 2.05) is 6.07 Å². The van der Waals surface area contributed by atoms with Crippen LogP contribution in [0.2, 0.25) is 0 Å². The fourth-order valence-electron chi connectivity index (χ4n) is 4.43. The first kappa shape index (κ1) is 18.2. The van der Waals surface area contributed by atoms with Crippen LogP contribution in [-0.4, -0.2) is 17.4 Å². The summed E-state index contributed by atoms with van der Waals surface area (Å²) in [6.45, 7) is 3.99. The second kappa shape index (κ2) is 9.22. The highest BCUT2D eigenvalue weighted by atomic mass is 16.2. The van der Waals surface area contributed by atoms with E-state index in [2.05, 4.69) is 42.2 Å². The molecule has 0 saturated carbocycles. The largest absolute Gasteiger partial charge is 0.338 e. The fourth-order valence-corrected chi connectivity index (χ4v) is 4.43. The van der Waals surface area contributed by atoms with Crippen molar-refractivity contribution in [3.05, 3.63) is 47.5 Å². The Morgan fingerprint density at radius 3 is 2.68 bits per heavy atom. The van der Waals surface area contributed by atoms with Gasteiger partial charge in [-0.05, 0) is 49.5 Å². The zero-order valence-corrected chi connectivity index (χ0v) is 15.8. The van der Waals surface area contributed by atoms with E-state index in [1.165, 1.54) is 50.5 Å². The smallest absolute Gasteiger partial charge is 0.222 e. The number of amides is 1. The van der Waals surface area contributed by atoms with E-state index in [9.17, 15) is 4.79 Å². The minimum Gasteiger partial charge on any atom is -0.338 e. The van der Waals surface area contributed by atoms with E-state index in [0.717, 1.165) is 19.5 Å². The Labute approximate surface area is 153 Å². The number of carbonyl (C=O) groups is 1. The Balaban J connectivity index is 1.58. The summed E-state index contributed by atoms with van der Waals surface area (Å²) in [5.74, 6) is 1.63. The van der Waals surface area contributed by atoms with Gasteiger partial charge >= 0.3 is 0 Å². The van der Waals surface area contributed by atoms with Gasteiger partial charge in [0.05, 0.1) is 0 Å². The number of benzene rings is 1. The third kappa shape index (κ3) is 5.20. The predicted octanol–water partition coefficient (Wildman–Crippen LogP) is 5.73. The minimum atomic E-state index is 0.344. The molecule has 1 amide bonds. The van der Waals surface area contributed by atoms with E-state index >= 15 is 0 Å². The third-order valence-corrected chi connectivity index (χ3v) is 5.96. The van der Waals surface area contributed by atoms with Crippen molar-refractivity contribution in [2.75, 3.05) is 6.54 Å². The van der Waals surface area contributed by atoms with Crippen LogP contribution in [0, 0.1) is 11.8 Å². The van der Waals surface area contributed by atoms with E-state index in [4.69, 9.17) is 0 Å². The molecule has 1 aromatic rings. The van der Waals surface area contributed by atoms with Crippen molar-refractivity contribution in [3.63, 3.8) is 0 Å². The van der Waals surface area contributed by atoms with Gasteiger partial charge in [-0.15, -0.1) is 0 Å². The van der Waals surface area contributed by atoms with Crippen LogP contribution in [0.15, 0.2) is 42.0 Å². The average Bonchev–Trinajstić information content (AvgIpc) is 2.79. The van der Waals surface area contributed by atoms with Gasteiger partial charge in [0.15, 0.2) is 0 Å². The van der Waals surface area contributed by atoms with Gasteiger partial charge in [0.25, 0.3) is 0 Å². The lowest BCUT2D eigenvalue weighted by Gasteiger charge is -2.31. The second-order valence-electron chi connectivity index (χ2n) is 7.90. The van der Waals surface area contributed by atoms with E-state index < -0.39 is 0 Å². The molecule has 1 aliphatic heterocycles. The number of hydrogen-bond acceptors (Lipinski definition) is 1. The van der Waals surface area contributed by atoms with Crippen LogP contribution in [-0.2, 0) is 11.3 Å². The summed E-state index contributed by atoms with van der Waals surface area (Å²) < 4.78 is 0. The first-order valence-corrected chi connectivity index (χ1v) is 10.3. The molecule has 2 unspecified atom stereocenters. The molecule has 2 nitrogen and oxygen atoms in total. The van der Waals surface area contributed by atoms with Gasteiger partial charge in [-0.25, -0.2) is 0 Å². The Morgan fingerprint density at radius 2 is 1.88 bits per heavy atom. The second-order valence-corrected chi connectivity index (χ2v) is 7.90. The van der Waals surface area contributed by atoms with Crippen molar-refractivity contribution in [1.29, 1.82) is 0 Å². The first-order valence-electron chi connectivity index (χ1n) is 10.3. The van der Waals surface area contributed by atoms with E-state index in [0.29, 0.717) is 24.2 Å². The van der Waals surface area contributed by atoms with Gasteiger partial charge in [0.1, 0.15) is 0 Å². The van der Waals surface area contributed by atoms with Crippen molar-refractivity contribution in [2.24, 2.45) is 11.8 Å². The summed E-state index contributed by atoms with van der Waals surface area (Å²) in [5.41, 5.74) is 2.92. The van der Waals surface area contributed by atoms with Crippen LogP contribution in [0.4, 0.5) is 0 Å². The lowest BCUT2D eigenvalue weighted by Crippen LogP contribution is -2.34. The van der Waals surface area contributed by atoms with Gasteiger partial charge in [0, 0.05) is 19.5 Å². The van der Waals surface area contributed by atoms with Crippen molar-refractivity contribution < 1.29 is 4.79 Å². The van der Waals surface area contributed by atoms with Crippen LogP contribution >= 0.6 is 0 Å². The van der Waals surface area contributed by atoms with Crippen molar-refractivity contribution in [3.8, 4) is 0 Å². The molecular formula is C23H33NO. The molecule has 1 saturated heterocycles. The molecular weight excluding hydrogens is 306 g/mol. The van der Waals surface area contributed by atoms with Gasteiger partial charge in [-0.2, -0.15) is 0 Å². The summed E-state index contributed by atoms with van der Waals surface area (Å²) >= 11 is 0. The standard InChI is InChI=1S/C23H33NO/c1-2-3-4-6-9-19-12-13-22-18-24(17-20-10-7-5-8-11-20)23(25)15-14-21(22)16-19/h5,7-8,10-11,16,21-22H,2-4,6,9,12-15,17-18H2,1H3. The number of fused-ring (bicyclic) bond motifs is 1. The Hall–Kier alpha value is -1.57. The monoisotopic (exact) mass is 339 g/mol. The SMILES string of the molecule is CCCCCCC1=CC2CCC(=O)N(Cc3ccccc3)CC2CC1. The zero-order chi connectivity index (χ0) is 17.5. The number of hydrogen-bond donors (Lipinski definition) is 0. The molecule has 0 spiro atoms. The molecule has 1 heterocycles. The third-order valence-electron chi connectivity index (χ3n) is 5.96. The van der Waals surface area contributed by atoms with Gasteiger partial charge in [0.2, 0.25) is 5.91 Å². The van der Waals surface area contributed by atoms with E-state index in [1.54, 1.807) is 5.57 Å². The molecule has 1 aromatic carbocycles. The predicted molar refractivity (Wildman–Crippen MR) is 104 cm³/mol. The first-order chi connectivity index (χ1) is 12.3. The lowest BCUT2D eigenvalue weighted by atomic mass is 9.78. The number of likely N-dealkylation sites (tertiary alicyclic amines) is 1. The molecule has 1 aliphatic carbocycles. The molecule has 0 bridgehead atoms. The van der Waals surface area contributed by atoms with Gasteiger partial charge < -0.3 is 4.90 Å². The topological polar surface area (TPSA) is 20.3 Å². The highest BCUT2D eigenvalue weighted by molar-refractivity contribution is 5.76. The van der Waals surface area contributed by atoms with Crippen molar-refractivity contribution >= 4 is 5.91 Å². The lowest BCUT2D eigenvalue weighted by molar-refractivity contribution is -0.131. The maximum absolute atomic E-state index is 12.6. The maximum Gasteiger partial charge on any atom is 0.222 e. The Kier molecular flexibility index (Phi) is 6.72. The average molecular weight is 340 g/mol. The summed E-state index contributed by atoms with van der Waals surface area (Å²) in [7, 11) is 0. The van der Waals surface area contributed by atoms with Crippen molar-refractivity contribution in [1.82, 2.24) is 4.90 Å². The minimum absolute atomic E-state index is 0.344. The molecule has 2 atom stereocenters. The Morgan fingerprint density at radius 1 is 1.04 bits per heavy atom. The van der Waals surface area contributed by atoms with Crippen LogP contribution in [0.1, 0.15) is 70.3 Å². The summed E-state index contributed by atoms with van der Waals surface area (Å²) in [6, 6.07) is 10.4. The molecule has 2 aliphatic rings. The van der Waals surface area contributed by atoms with Crippen molar-refractivity contribution in [2.45, 2.75) is 71.3 Å². The maximum atomic E-state index is 12.6. The molecule has 2 heteroatoms. The Bertz CT molecular complexity index is 577. The van der Waals surface area contributed by atoms with Gasteiger partial charge in [-0.3, -0.25) is 4.79 Å².